The number of nitrogens with one attached hydrogen (secondary N) is 1. The van der Waals surface area contributed by atoms with E-state index in [1.807, 2.05) is 59.2 Å². The molecule has 1 fully saturated rings. The number of rotatable bonds is 7. The molecule has 5 aromatic rings. The zero-order valence-electron chi connectivity index (χ0n) is 25.4. The SMILES string of the molecule is CN(C)S(=O)(=O)c1ccc2c(c1)CN(c1ccccc1)C(c1ccc(CN3CCC(n4c(=O)[nH]c5ccccc54)CC3)cc1)=N2. The molecule has 0 amide bonds. The lowest BCUT2D eigenvalue weighted by Crippen LogP contribution is -2.36. The van der Waals surface area contributed by atoms with Crippen LogP contribution in [-0.4, -0.2) is 60.2 Å². The number of hydrogen-bond acceptors (Lipinski definition) is 6. The number of aromatic amines is 1. The Morgan fingerprint density at radius 2 is 1.60 bits per heavy atom. The van der Waals surface area contributed by atoms with Crippen LogP contribution in [0.1, 0.15) is 35.6 Å². The normalized spacial score (nSPS) is 16.2. The lowest BCUT2D eigenvalue weighted by Gasteiger charge is -2.33. The van der Waals surface area contributed by atoms with E-state index < -0.39 is 10.0 Å². The van der Waals surface area contributed by atoms with E-state index in [0.717, 1.165) is 71.8 Å². The minimum Gasteiger partial charge on any atom is -0.321 e. The Bertz CT molecular complexity index is 2040. The number of aromatic nitrogens is 2. The van der Waals surface area contributed by atoms with Crippen LogP contribution in [0.5, 0.6) is 0 Å². The van der Waals surface area contributed by atoms with Crippen LogP contribution in [-0.2, 0) is 23.1 Å². The molecule has 0 radical (unpaired) electrons. The Morgan fingerprint density at radius 3 is 2.33 bits per heavy atom. The van der Waals surface area contributed by atoms with Crippen molar-refractivity contribution in [3.05, 3.63) is 124 Å². The largest absolute Gasteiger partial charge is 0.326 e. The van der Waals surface area contributed by atoms with E-state index in [2.05, 4.69) is 39.0 Å². The highest BCUT2D eigenvalue weighted by Gasteiger charge is 2.27. The molecule has 2 aliphatic rings. The highest BCUT2D eigenvalue weighted by molar-refractivity contribution is 7.89. The average Bonchev–Trinajstić information content (AvgIpc) is 3.40. The molecule has 230 valence electrons. The fourth-order valence-electron chi connectivity index (χ4n) is 6.42. The van der Waals surface area contributed by atoms with E-state index in [1.165, 1.54) is 9.87 Å². The molecule has 9 nitrogen and oxygen atoms in total. The van der Waals surface area contributed by atoms with Crippen molar-refractivity contribution < 1.29 is 8.42 Å². The lowest BCUT2D eigenvalue weighted by molar-refractivity contribution is 0.180. The topological polar surface area (TPSA) is 94.0 Å². The number of sulfonamides is 1. The summed E-state index contributed by atoms with van der Waals surface area (Å²) in [5.74, 6) is 0.827. The molecule has 3 heterocycles. The van der Waals surface area contributed by atoms with Crippen molar-refractivity contribution in [2.45, 2.75) is 36.9 Å². The smallest absolute Gasteiger partial charge is 0.321 e. The van der Waals surface area contributed by atoms with E-state index >= 15 is 0 Å². The Kier molecular flexibility index (Phi) is 7.64. The van der Waals surface area contributed by atoms with E-state index in [0.29, 0.717) is 6.54 Å². The van der Waals surface area contributed by atoms with Crippen LogP contribution < -0.4 is 10.6 Å². The zero-order valence-corrected chi connectivity index (χ0v) is 26.2. The van der Waals surface area contributed by atoms with Crippen LogP contribution in [0.4, 0.5) is 11.4 Å². The maximum absolute atomic E-state index is 12.8. The molecule has 1 aromatic heterocycles. The second-order valence-electron chi connectivity index (χ2n) is 12.0. The van der Waals surface area contributed by atoms with Gasteiger partial charge in [0, 0.05) is 51.0 Å². The molecule has 0 spiro atoms. The van der Waals surface area contributed by atoms with Crippen molar-refractivity contribution in [1.82, 2.24) is 18.8 Å². The number of fused-ring (bicyclic) bond motifs is 2. The molecule has 0 aliphatic carbocycles. The first kappa shape index (κ1) is 29.2. The number of benzene rings is 4. The number of amidine groups is 1. The van der Waals surface area contributed by atoms with Crippen LogP contribution >= 0.6 is 0 Å². The summed E-state index contributed by atoms with van der Waals surface area (Å²) in [6.07, 6.45) is 1.86. The van der Waals surface area contributed by atoms with Crippen LogP contribution in [0.3, 0.4) is 0 Å². The van der Waals surface area contributed by atoms with E-state index in [1.54, 1.807) is 32.3 Å². The number of likely N-dealkylation sites (tertiary alicyclic amines) is 1. The van der Waals surface area contributed by atoms with Gasteiger partial charge in [-0.3, -0.25) is 9.47 Å². The molecule has 0 atom stereocenters. The van der Waals surface area contributed by atoms with Gasteiger partial charge < -0.3 is 9.88 Å². The summed E-state index contributed by atoms with van der Waals surface area (Å²) in [5.41, 5.74) is 6.69. The van der Waals surface area contributed by atoms with Crippen molar-refractivity contribution in [2.24, 2.45) is 4.99 Å². The molecule has 7 rings (SSSR count). The maximum atomic E-state index is 12.8. The molecule has 0 bridgehead atoms. The molecule has 45 heavy (non-hydrogen) atoms. The summed E-state index contributed by atoms with van der Waals surface area (Å²) >= 11 is 0. The molecule has 10 heteroatoms. The van der Waals surface area contributed by atoms with Gasteiger partial charge in [0.15, 0.2) is 0 Å². The zero-order chi connectivity index (χ0) is 31.1. The second-order valence-corrected chi connectivity index (χ2v) is 14.1. The molecular weight excluding hydrogens is 584 g/mol. The van der Waals surface area contributed by atoms with Crippen molar-refractivity contribution in [3.63, 3.8) is 0 Å². The Morgan fingerprint density at radius 1 is 0.889 bits per heavy atom. The third-order valence-electron chi connectivity index (χ3n) is 8.87. The van der Waals surface area contributed by atoms with Crippen LogP contribution in [0.25, 0.3) is 11.0 Å². The van der Waals surface area contributed by atoms with Gasteiger partial charge in [-0.05, 0) is 66.4 Å². The quantitative estimate of drug-likeness (QED) is 0.259. The van der Waals surface area contributed by atoms with Crippen molar-refractivity contribution in [1.29, 1.82) is 0 Å². The first-order valence-electron chi connectivity index (χ1n) is 15.3. The van der Waals surface area contributed by atoms with Gasteiger partial charge in [0.05, 0.1) is 28.2 Å². The maximum Gasteiger partial charge on any atom is 0.326 e. The Hall–Kier alpha value is -4.51. The number of piperidine rings is 1. The van der Waals surface area contributed by atoms with Crippen molar-refractivity contribution in [3.8, 4) is 0 Å². The minimum absolute atomic E-state index is 0.0259. The molecule has 0 saturated carbocycles. The van der Waals surface area contributed by atoms with Gasteiger partial charge in [0.2, 0.25) is 10.0 Å². The molecule has 1 N–H and O–H groups in total. The molecule has 4 aromatic carbocycles. The second kappa shape index (κ2) is 11.8. The molecule has 0 unspecified atom stereocenters. The van der Waals surface area contributed by atoms with Crippen molar-refractivity contribution >= 4 is 38.3 Å². The van der Waals surface area contributed by atoms with Gasteiger partial charge in [-0.15, -0.1) is 0 Å². The average molecular weight is 621 g/mol. The van der Waals surface area contributed by atoms with Crippen LogP contribution in [0.2, 0.25) is 0 Å². The summed E-state index contributed by atoms with van der Waals surface area (Å²) < 4.78 is 28.8. The third kappa shape index (κ3) is 5.61. The lowest BCUT2D eigenvalue weighted by atomic mass is 10.0. The number of nitrogens with zero attached hydrogens (tertiary/aromatic N) is 5. The van der Waals surface area contributed by atoms with Gasteiger partial charge in [-0.2, -0.15) is 0 Å². The first-order chi connectivity index (χ1) is 21.8. The monoisotopic (exact) mass is 620 g/mol. The first-order valence-corrected chi connectivity index (χ1v) is 16.7. The third-order valence-corrected chi connectivity index (χ3v) is 10.7. The van der Waals surface area contributed by atoms with Gasteiger partial charge in [0.1, 0.15) is 5.84 Å². The highest BCUT2D eigenvalue weighted by atomic mass is 32.2. The van der Waals surface area contributed by atoms with Gasteiger partial charge >= 0.3 is 5.69 Å². The fourth-order valence-corrected chi connectivity index (χ4v) is 7.37. The van der Waals surface area contributed by atoms with Crippen LogP contribution in [0.15, 0.2) is 112 Å². The predicted octanol–water partition coefficient (Wildman–Crippen LogP) is 5.52. The summed E-state index contributed by atoms with van der Waals surface area (Å²) in [4.78, 5) is 25.6. The number of para-hydroxylation sites is 3. The minimum atomic E-state index is -3.55. The van der Waals surface area contributed by atoms with Crippen LogP contribution in [0, 0.1) is 0 Å². The fraction of sp³-hybridized carbons (Fsp3) is 0.257. The Labute approximate surface area is 263 Å². The van der Waals surface area contributed by atoms with Crippen molar-refractivity contribution in [2.75, 3.05) is 32.1 Å². The summed E-state index contributed by atoms with van der Waals surface area (Å²) in [6.45, 7) is 3.20. The van der Waals surface area contributed by atoms with Gasteiger partial charge in [-0.1, -0.05) is 54.6 Å². The molecule has 1 saturated heterocycles. The number of aliphatic imine (C=N–C) groups is 1. The van der Waals surface area contributed by atoms with E-state index in [9.17, 15) is 13.2 Å². The summed E-state index contributed by atoms with van der Waals surface area (Å²) in [6, 6.07) is 31.9. The summed E-state index contributed by atoms with van der Waals surface area (Å²) in [5, 5.41) is 0. The Balaban J connectivity index is 1.10. The number of anilines is 1. The number of hydrogen-bond donors (Lipinski definition) is 1. The predicted molar refractivity (Wildman–Crippen MR) is 179 cm³/mol. The van der Waals surface area contributed by atoms with E-state index in [4.69, 9.17) is 4.99 Å². The molecule has 2 aliphatic heterocycles. The molecular formula is C35H36N6O3S. The summed E-state index contributed by atoms with van der Waals surface area (Å²) in [7, 11) is -0.470. The highest BCUT2D eigenvalue weighted by Crippen LogP contribution is 2.34. The number of imidazole rings is 1. The van der Waals surface area contributed by atoms with E-state index in [-0.39, 0.29) is 16.6 Å². The standard InChI is InChI=1S/C35H36N6O3S/c1-38(2)45(43,44)30-16-17-31-27(22-30)24-40(28-8-4-3-5-9-28)34(36-31)26-14-12-25(13-15-26)23-39-20-18-29(19-21-39)41-33-11-7-6-10-32(33)37-35(41)42/h3-17,22,29H,18-21,23-24H2,1-2H3,(H,37,42). The van der Waals surface area contributed by atoms with Gasteiger partial charge in [0.25, 0.3) is 0 Å². The van der Waals surface area contributed by atoms with Gasteiger partial charge in [-0.25, -0.2) is 22.5 Å². The number of H-pyrrole nitrogens is 1.